The Hall–Kier alpha value is -0.930. The number of hydrogen-bond donors (Lipinski definition) is 1. The fourth-order valence-electron chi connectivity index (χ4n) is 2.93. The van der Waals surface area contributed by atoms with Crippen molar-refractivity contribution in [1.82, 2.24) is 9.88 Å². The maximum absolute atomic E-state index is 5.83. The summed E-state index contributed by atoms with van der Waals surface area (Å²) in [5.41, 5.74) is 7.16. The molecule has 1 aromatic rings. The molecule has 3 heteroatoms. The molecule has 1 heterocycles. The zero-order chi connectivity index (χ0) is 12.1. The number of hydrogen-bond acceptors (Lipinski definition) is 3. The molecule has 3 nitrogen and oxygen atoms in total. The van der Waals surface area contributed by atoms with E-state index in [0.29, 0.717) is 0 Å². The van der Waals surface area contributed by atoms with Crippen LogP contribution in [-0.4, -0.2) is 30.0 Å². The van der Waals surface area contributed by atoms with Gasteiger partial charge in [-0.1, -0.05) is 6.42 Å². The summed E-state index contributed by atoms with van der Waals surface area (Å²) in [6, 6.07) is 4.18. The summed E-state index contributed by atoms with van der Waals surface area (Å²) in [5.74, 6) is 1.54. The lowest BCUT2D eigenvalue weighted by Gasteiger charge is -2.24. The quantitative estimate of drug-likeness (QED) is 0.844. The van der Waals surface area contributed by atoms with Gasteiger partial charge in [-0.05, 0) is 56.0 Å². The molecule has 2 unspecified atom stereocenters. The van der Waals surface area contributed by atoms with Crippen molar-refractivity contribution in [3.05, 3.63) is 30.1 Å². The molecule has 0 aromatic carbocycles. The van der Waals surface area contributed by atoms with Gasteiger partial charge in [0.1, 0.15) is 0 Å². The Morgan fingerprint density at radius 3 is 2.71 bits per heavy atom. The second-order valence-corrected chi connectivity index (χ2v) is 5.24. The van der Waals surface area contributed by atoms with E-state index in [-0.39, 0.29) is 0 Å². The van der Waals surface area contributed by atoms with E-state index >= 15 is 0 Å². The number of aromatic nitrogens is 1. The van der Waals surface area contributed by atoms with E-state index in [2.05, 4.69) is 29.1 Å². The Morgan fingerprint density at radius 2 is 2.00 bits per heavy atom. The standard InChI is InChI=1S/C14H23N3/c1-17(10-12-5-7-16-8-6-12)11-14-4-2-3-13(14)9-15/h5-8,13-14H,2-4,9-11,15H2,1H3. The van der Waals surface area contributed by atoms with Crippen molar-refractivity contribution in [3.63, 3.8) is 0 Å². The fourth-order valence-corrected chi connectivity index (χ4v) is 2.93. The van der Waals surface area contributed by atoms with Crippen LogP contribution in [0.3, 0.4) is 0 Å². The summed E-state index contributed by atoms with van der Waals surface area (Å²) in [6.07, 6.45) is 7.76. The van der Waals surface area contributed by atoms with Crippen LogP contribution in [0.1, 0.15) is 24.8 Å². The Balaban J connectivity index is 1.83. The molecule has 17 heavy (non-hydrogen) atoms. The highest BCUT2D eigenvalue weighted by molar-refractivity contribution is 5.09. The zero-order valence-corrected chi connectivity index (χ0v) is 10.7. The number of nitrogens with two attached hydrogens (primary N) is 1. The summed E-state index contributed by atoms with van der Waals surface area (Å²) in [6.45, 7) is 3.04. The van der Waals surface area contributed by atoms with E-state index in [1.165, 1.54) is 31.4 Å². The second kappa shape index (κ2) is 6.12. The second-order valence-electron chi connectivity index (χ2n) is 5.24. The lowest BCUT2D eigenvalue weighted by Crippen LogP contribution is -2.30. The van der Waals surface area contributed by atoms with Crippen LogP contribution in [0.4, 0.5) is 0 Å². The molecular formula is C14H23N3. The van der Waals surface area contributed by atoms with Crippen LogP contribution < -0.4 is 5.73 Å². The minimum atomic E-state index is 0.745. The van der Waals surface area contributed by atoms with Gasteiger partial charge in [-0.15, -0.1) is 0 Å². The van der Waals surface area contributed by atoms with E-state index < -0.39 is 0 Å². The summed E-state index contributed by atoms with van der Waals surface area (Å²) in [5, 5.41) is 0. The van der Waals surface area contributed by atoms with E-state index in [9.17, 15) is 0 Å². The summed E-state index contributed by atoms with van der Waals surface area (Å²) in [4.78, 5) is 6.46. The van der Waals surface area contributed by atoms with E-state index in [1.807, 2.05) is 12.4 Å². The molecule has 0 aliphatic heterocycles. The number of rotatable bonds is 5. The van der Waals surface area contributed by atoms with Crippen molar-refractivity contribution in [1.29, 1.82) is 0 Å². The molecule has 1 fully saturated rings. The van der Waals surface area contributed by atoms with Crippen molar-refractivity contribution in [3.8, 4) is 0 Å². The molecule has 0 radical (unpaired) electrons. The van der Waals surface area contributed by atoms with Gasteiger partial charge < -0.3 is 10.6 Å². The molecule has 0 amide bonds. The largest absolute Gasteiger partial charge is 0.330 e. The summed E-state index contributed by atoms with van der Waals surface area (Å²) in [7, 11) is 2.20. The number of nitrogens with zero attached hydrogens (tertiary/aromatic N) is 2. The first kappa shape index (κ1) is 12.5. The highest BCUT2D eigenvalue weighted by atomic mass is 15.1. The maximum atomic E-state index is 5.83. The highest BCUT2D eigenvalue weighted by Crippen LogP contribution is 2.31. The van der Waals surface area contributed by atoms with E-state index in [1.54, 1.807) is 0 Å². The third-order valence-corrected chi connectivity index (χ3v) is 3.87. The lowest BCUT2D eigenvalue weighted by atomic mass is 9.95. The van der Waals surface area contributed by atoms with Crippen LogP contribution >= 0.6 is 0 Å². The average Bonchev–Trinajstić information content (AvgIpc) is 2.77. The van der Waals surface area contributed by atoms with Crippen molar-refractivity contribution in [2.45, 2.75) is 25.8 Å². The van der Waals surface area contributed by atoms with Crippen LogP contribution in [0.15, 0.2) is 24.5 Å². The predicted molar refractivity (Wildman–Crippen MR) is 70.5 cm³/mol. The Kier molecular flexibility index (Phi) is 4.51. The minimum absolute atomic E-state index is 0.745. The summed E-state index contributed by atoms with van der Waals surface area (Å²) >= 11 is 0. The fraction of sp³-hybridized carbons (Fsp3) is 0.643. The van der Waals surface area contributed by atoms with Gasteiger partial charge in [0.2, 0.25) is 0 Å². The molecule has 1 saturated carbocycles. The highest BCUT2D eigenvalue weighted by Gasteiger charge is 2.26. The Bertz CT molecular complexity index is 325. The molecule has 0 bridgehead atoms. The molecule has 1 aliphatic rings. The van der Waals surface area contributed by atoms with Gasteiger partial charge in [0.05, 0.1) is 0 Å². The van der Waals surface area contributed by atoms with Gasteiger partial charge in [0.15, 0.2) is 0 Å². The molecule has 2 rings (SSSR count). The normalized spacial score (nSPS) is 24.4. The van der Waals surface area contributed by atoms with Crippen molar-refractivity contribution < 1.29 is 0 Å². The first-order valence-electron chi connectivity index (χ1n) is 6.57. The lowest BCUT2D eigenvalue weighted by molar-refractivity contribution is 0.237. The average molecular weight is 233 g/mol. The monoisotopic (exact) mass is 233 g/mol. The van der Waals surface area contributed by atoms with Crippen LogP contribution in [0.5, 0.6) is 0 Å². The Labute approximate surface area is 104 Å². The minimum Gasteiger partial charge on any atom is -0.330 e. The Morgan fingerprint density at radius 1 is 1.29 bits per heavy atom. The first-order valence-corrected chi connectivity index (χ1v) is 6.57. The third-order valence-electron chi connectivity index (χ3n) is 3.87. The summed E-state index contributed by atoms with van der Waals surface area (Å²) < 4.78 is 0. The topological polar surface area (TPSA) is 42.2 Å². The molecule has 1 aromatic heterocycles. The molecule has 2 atom stereocenters. The predicted octanol–water partition coefficient (Wildman–Crippen LogP) is 1.89. The van der Waals surface area contributed by atoms with Crippen LogP contribution in [0.25, 0.3) is 0 Å². The molecule has 94 valence electrons. The smallest absolute Gasteiger partial charge is 0.0271 e. The SMILES string of the molecule is CN(Cc1ccncc1)CC1CCCC1CN. The van der Waals surface area contributed by atoms with E-state index in [4.69, 9.17) is 5.73 Å². The van der Waals surface area contributed by atoms with Crippen molar-refractivity contribution >= 4 is 0 Å². The van der Waals surface area contributed by atoms with Gasteiger partial charge in [-0.2, -0.15) is 0 Å². The van der Waals surface area contributed by atoms with Crippen molar-refractivity contribution in [2.75, 3.05) is 20.1 Å². The van der Waals surface area contributed by atoms with Gasteiger partial charge in [0, 0.05) is 25.5 Å². The molecule has 1 aliphatic carbocycles. The third kappa shape index (κ3) is 3.51. The molecule has 0 spiro atoms. The van der Waals surface area contributed by atoms with Crippen LogP contribution in [0.2, 0.25) is 0 Å². The van der Waals surface area contributed by atoms with Gasteiger partial charge >= 0.3 is 0 Å². The maximum Gasteiger partial charge on any atom is 0.0271 e. The first-order chi connectivity index (χ1) is 8.29. The molecule has 0 saturated heterocycles. The van der Waals surface area contributed by atoms with Gasteiger partial charge in [-0.3, -0.25) is 4.98 Å². The van der Waals surface area contributed by atoms with Crippen molar-refractivity contribution in [2.24, 2.45) is 17.6 Å². The van der Waals surface area contributed by atoms with Crippen LogP contribution in [0, 0.1) is 11.8 Å². The van der Waals surface area contributed by atoms with E-state index in [0.717, 1.165) is 24.9 Å². The van der Waals surface area contributed by atoms with Gasteiger partial charge in [0.25, 0.3) is 0 Å². The molecule has 2 N–H and O–H groups in total. The zero-order valence-electron chi connectivity index (χ0n) is 10.7. The molecular weight excluding hydrogens is 210 g/mol. The van der Waals surface area contributed by atoms with Gasteiger partial charge in [-0.25, -0.2) is 0 Å². The number of pyridine rings is 1. The van der Waals surface area contributed by atoms with Crippen LogP contribution in [-0.2, 0) is 6.54 Å².